The van der Waals surface area contributed by atoms with Gasteiger partial charge in [-0.25, -0.2) is 0 Å². The largest absolute Gasteiger partial charge is 0.484 e. The molecule has 1 aliphatic rings. The lowest BCUT2D eigenvalue weighted by Crippen LogP contribution is -2.33. The Bertz CT molecular complexity index is 732. The molecule has 3 rings (SSSR count). The van der Waals surface area contributed by atoms with Crippen LogP contribution in [-0.2, 0) is 4.79 Å². The van der Waals surface area contributed by atoms with Crippen molar-refractivity contribution in [3.63, 3.8) is 0 Å². The van der Waals surface area contributed by atoms with E-state index in [0.29, 0.717) is 5.75 Å². The van der Waals surface area contributed by atoms with Crippen LogP contribution < -0.4 is 15.0 Å². The van der Waals surface area contributed by atoms with Crippen LogP contribution in [0.2, 0.25) is 0 Å². The van der Waals surface area contributed by atoms with Crippen molar-refractivity contribution < 1.29 is 9.53 Å². The Balaban J connectivity index is 1.49. The number of hydrogen-bond donors (Lipinski definition) is 1. The van der Waals surface area contributed by atoms with Crippen LogP contribution >= 0.6 is 0 Å². The van der Waals surface area contributed by atoms with Gasteiger partial charge in [-0.15, -0.1) is 0 Å². The van der Waals surface area contributed by atoms with Crippen molar-refractivity contribution in [2.75, 3.05) is 24.6 Å². The number of rotatable bonds is 6. The summed E-state index contributed by atoms with van der Waals surface area (Å²) < 4.78 is 5.55. The highest BCUT2D eigenvalue weighted by molar-refractivity contribution is 5.78. The van der Waals surface area contributed by atoms with Crippen LogP contribution in [0, 0.1) is 12.8 Å². The van der Waals surface area contributed by atoms with Gasteiger partial charge in [0.2, 0.25) is 0 Å². The monoisotopic (exact) mass is 366 g/mol. The number of benzene rings is 2. The summed E-state index contributed by atoms with van der Waals surface area (Å²) in [6.45, 7) is 8.63. The van der Waals surface area contributed by atoms with E-state index >= 15 is 0 Å². The van der Waals surface area contributed by atoms with Gasteiger partial charge in [-0.3, -0.25) is 4.79 Å². The molecule has 144 valence electrons. The fourth-order valence-corrected chi connectivity index (χ4v) is 3.39. The molecule has 1 aliphatic heterocycles. The summed E-state index contributed by atoms with van der Waals surface area (Å²) in [5.74, 6) is 1.43. The van der Waals surface area contributed by atoms with Crippen molar-refractivity contribution in [2.24, 2.45) is 5.92 Å². The lowest BCUT2D eigenvalue weighted by atomic mass is 9.98. The van der Waals surface area contributed by atoms with E-state index in [0.717, 1.165) is 24.6 Å². The van der Waals surface area contributed by atoms with Gasteiger partial charge in [0.25, 0.3) is 5.91 Å². The Kier molecular flexibility index (Phi) is 6.38. The van der Waals surface area contributed by atoms with Crippen LogP contribution in [-0.4, -0.2) is 25.6 Å². The lowest BCUT2D eigenvalue weighted by molar-refractivity contribution is -0.123. The third-order valence-electron chi connectivity index (χ3n) is 5.31. The van der Waals surface area contributed by atoms with Crippen LogP contribution in [0.5, 0.6) is 5.75 Å². The fraction of sp³-hybridized carbons (Fsp3) is 0.435. The molecule has 1 saturated heterocycles. The van der Waals surface area contributed by atoms with Crippen molar-refractivity contribution in [3.05, 3.63) is 59.7 Å². The third kappa shape index (κ3) is 5.49. The van der Waals surface area contributed by atoms with Crippen LogP contribution in [0.15, 0.2) is 48.5 Å². The molecule has 2 aromatic carbocycles. The molecule has 0 aliphatic carbocycles. The molecule has 1 fully saturated rings. The summed E-state index contributed by atoms with van der Waals surface area (Å²) in [6.07, 6.45) is 2.52. The quantitative estimate of drug-likeness (QED) is 0.819. The number of hydrogen-bond acceptors (Lipinski definition) is 3. The molecule has 1 atom stereocenters. The second-order valence-electron chi connectivity index (χ2n) is 7.65. The Morgan fingerprint density at radius 2 is 1.74 bits per heavy atom. The highest BCUT2D eigenvalue weighted by Gasteiger charge is 2.16. The topological polar surface area (TPSA) is 41.6 Å². The maximum atomic E-state index is 12.2. The van der Waals surface area contributed by atoms with E-state index in [1.54, 1.807) is 0 Å². The van der Waals surface area contributed by atoms with Gasteiger partial charge < -0.3 is 15.0 Å². The maximum absolute atomic E-state index is 12.2. The van der Waals surface area contributed by atoms with Gasteiger partial charge in [0.1, 0.15) is 5.75 Å². The first-order valence-corrected chi connectivity index (χ1v) is 9.85. The molecule has 1 heterocycles. The Morgan fingerprint density at radius 3 is 2.37 bits per heavy atom. The number of anilines is 1. The Hall–Kier alpha value is -2.49. The van der Waals surface area contributed by atoms with E-state index in [-0.39, 0.29) is 18.6 Å². The zero-order valence-corrected chi connectivity index (χ0v) is 16.6. The first-order chi connectivity index (χ1) is 13.0. The van der Waals surface area contributed by atoms with E-state index in [1.165, 1.54) is 24.1 Å². The first-order valence-electron chi connectivity index (χ1n) is 9.85. The highest BCUT2D eigenvalue weighted by Crippen LogP contribution is 2.24. The number of ether oxygens (including phenoxy) is 1. The molecule has 0 aromatic heterocycles. The molecule has 0 radical (unpaired) electrons. The second-order valence-corrected chi connectivity index (χ2v) is 7.65. The van der Waals surface area contributed by atoms with Gasteiger partial charge in [-0.05, 0) is 62.4 Å². The Morgan fingerprint density at radius 1 is 1.11 bits per heavy atom. The number of nitrogens with zero attached hydrogens (tertiary/aromatic N) is 1. The average Bonchev–Trinajstić information content (AvgIpc) is 2.68. The first kappa shape index (κ1) is 19.3. The predicted octanol–water partition coefficient (Wildman–Crippen LogP) is 4.49. The summed E-state index contributed by atoms with van der Waals surface area (Å²) in [6, 6.07) is 16.2. The number of nitrogens with one attached hydrogen (secondary N) is 1. The molecule has 1 amide bonds. The molecule has 0 saturated carbocycles. The molecule has 27 heavy (non-hydrogen) atoms. The van der Waals surface area contributed by atoms with Gasteiger partial charge >= 0.3 is 0 Å². The minimum atomic E-state index is -0.114. The van der Waals surface area contributed by atoms with E-state index in [9.17, 15) is 4.79 Å². The number of amides is 1. The molecular weight excluding hydrogens is 336 g/mol. The molecule has 0 spiro atoms. The van der Waals surface area contributed by atoms with Crippen molar-refractivity contribution in [1.29, 1.82) is 0 Å². The predicted molar refractivity (Wildman–Crippen MR) is 110 cm³/mol. The van der Waals surface area contributed by atoms with Crippen LogP contribution in [0.1, 0.15) is 43.9 Å². The normalized spacial score (nSPS) is 16.0. The Labute approximate surface area is 162 Å². The van der Waals surface area contributed by atoms with Gasteiger partial charge in [0, 0.05) is 18.8 Å². The minimum Gasteiger partial charge on any atom is -0.484 e. The summed E-state index contributed by atoms with van der Waals surface area (Å²) in [4.78, 5) is 14.6. The third-order valence-corrected chi connectivity index (χ3v) is 5.31. The number of aryl methyl sites for hydroxylation is 1. The highest BCUT2D eigenvalue weighted by atomic mass is 16.5. The molecule has 2 aromatic rings. The van der Waals surface area contributed by atoms with E-state index in [4.69, 9.17) is 4.74 Å². The summed E-state index contributed by atoms with van der Waals surface area (Å²) in [5.41, 5.74) is 3.54. The van der Waals surface area contributed by atoms with E-state index in [2.05, 4.69) is 41.4 Å². The van der Waals surface area contributed by atoms with E-state index < -0.39 is 0 Å². The van der Waals surface area contributed by atoms with Crippen molar-refractivity contribution >= 4 is 11.6 Å². The summed E-state index contributed by atoms with van der Waals surface area (Å²) in [5, 5.41) is 3.01. The summed E-state index contributed by atoms with van der Waals surface area (Å²) >= 11 is 0. The summed E-state index contributed by atoms with van der Waals surface area (Å²) in [7, 11) is 0. The van der Waals surface area contributed by atoms with Gasteiger partial charge in [0.15, 0.2) is 6.61 Å². The standard InChI is InChI=1S/C23H30N2O2/c1-17-4-10-22(11-5-17)27-16-23(26)24-19(3)20-6-8-21(9-7-20)25-14-12-18(2)13-15-25/h4-11,18-19H,12-16H2,1-3H3,(H,24,26)/t19-/m0/s1. The molecule has 1 N–H and O–H groups in total. The molecular formula is C23H30N2O2. The van der Waals surface area contributed by atoms with Crippen molar-refractivity contribution in [1.82, 2.24) is 5.32 Å². The molecule has 4 heteroatoms. The number of piperidine rings is 1. The zero-order chi connectivity index (χ0) is 19.2. The fourth-order valence-electron chi connectivity index (χ4n) is 3.39. The molecule has 0 bridgehead atoms. The SMILES string of the molecule is Cc1ccc(OCC(=O)N[C@@H](C)c2ccc(N3CCC(C)CC3)cc2)cc1. The minimum absolute atomic E-state index is 0.0252. The molecule has 4 nitrogen and oxygen atoms in total. The average molecular weight is 367 g/mol. The van der Waals surface area contributed by atoms with Crippen LogP contribution in [0.3, 0.4) is 0 Å². The number of carbonyl (C=O) groups is 1. The molecule has 0 unspecified atom stereocenters. The van der Waals surface area contributed by atoms with Crippen molar-refractivity contribution in [3.8, 4) is 5.75 Å². The number of carbonyl (C=O) groups excluding carboxylic acids is 1. The lowest BCUT2D eigenvalue weighted by Gasteiger charge is -2.32. The van der Waals surface area contributed by atoms with Crippen LogP contribution in [0.4, 0.5) is 5.69 Å². The maximum Gasteiger partial charge on any atom is 0.258 e. The van der Waals surface area contributed by atoms with Gasteiger partial charge in [-0.2, -0.15) is 0 Å². The van der Waals surface area contributed by atoms with Crippen molar-refractivity contribution in [2.45, 2.75) is 39.7 Å². The smallest absolute Gasteiger partial charge is 0.258 e. The second kappa shape index (κ2) is 8.94. The van der Waals surface area contributed by atoms with Gasteiger partial charge in [0.05, 0.1) is 6.04 Å². The van der Waals surface area contributed by atoms with Crippen LogP contribution in [0.25, 0.3) is 0 Å². The zero-order valence-electron chi connectivity index (χ0n) is 16.6. The van der Waals surface area contributed by atoms with Gasteiger partial charge in [-0.1, -0.05) is 36.8 Å². The van der Waals surface area contributed by atoms with E-state index in [1.807, 2.05) is 38.1 Å².